The fourth-order valence-electron chi connectivity index (χ4n) is 4.36. The smallest absolute Gasteiger partial charge is 0.256 e. The van der Waals surface area contributed by atoms with Crippen molar-refractivity contribution in [2.75, 3.05) is 27.2 Å². The summed E-state index contributed by atoms with van der Waals surface area (Å²) in [5, 5.41) is 5.18. The summed E-state index contributed by atoms with van der Waals surface area (Å²) in [6.07, 6.45) is 3.63. The zero-order valence-corrected chi connectivity index (χ0v) is 21.0. The highest BCUT2D eigenvalue weighted by atomic mass is 19.1. The lowest BCUT2D eigenvalue weighted by Crippen LogP contribution is -2.53. The molecule has 188 valence electrons. The molecule has 0 saturated heterocycles. The minimum atomic E-state index is -0.524. The molecule has 0 spiro atoms. The molecule has 0 bridgehead atoms. The van der Waals surface area contributed by atoms with E-state index in [-0.39, 0.29) is 27.8 Å². The second-order valence-corrected chi connectivity index (χ2v) is 9.31. The molecule has 8 heteroatoms. The lowest BCUT2D eigenvalue weighted by molar-refractivity contribution is 0.0951. The van der Waals surface area contributed by atoms with Crippen LogP contribution >= 0.6 is 0 Å². The molecule has 7 nitrogen and oxygen atoms in total. The van der Waals surface area contributed by atoms with E-state index in [1.54, 1.807) is 18.4 Å². The van der Waals surface area contributed by atoms with Gasteiger partial charge in [-0.2, -0.15) is 0 Å². The van der Waals surface area contributed by atoms with Gasteiger partial charge in [0.05, 0.1) is 17.2 Å². The van der Waals surface area contributed by atoms with Crippen molar-refractivity contribution in [3.05, 3.63) is 80.9 Å². The summed E-state index contributed by atoms with van der Waals surface area (Å²) >= 11 is 0. The molecule has 0 unspecified atom stereocenters. The lowest BCUT2D eigenvalue weighted by Gasteiger charge is -2.24. The van der Waals surface area contributed by atoms with E-state index < -0.39 is 11.3 Å². The maximum Gasteiger partial charge on any atom is 0.256 e. The molecule has 0 radical (unpaired) electrons. The molecule has 3 N–H and O–H groups in total. The molecule has 0 aliphatic carbocycles. The quantitative estimate of drug-likeness (QED) is 0.497. The van der Waals surface area contributed by atoms with Gasteiger partial charge in [0.1, 0.15) is 10.9 Å². The van der Waals surface area contributed by atoms with Crippen molar-refractivity contribution in [3.63, 3.8) is 0 Å². The van der Waals surface area contributed by atoms with E-state index in [0.717, 1.165) is 30.2 Å². The third-order valence-corrected chi connectivity index (χ3v) is 6.20. The SMILES string of the molecule is C/C(N)=c1/c(=O)c(C(=O)NCCCCN(C)C)cn2c1=C(/C(C)=C/F)Oc1cc3ccccc3cc1-2. The number of aromatic nitrogens is 1. The van der Waals surface area contributed by atoms with Crippen molar-refractivity contribution in [3.8, 4) is 11.4 Å². The second-order valence-electron chi connectivity index (χ2n) is 9.31. The number of carbonyl (C=O) groups is 1. The standard InChI is InChI=1S/C28H31FN4O3/c1-17(15-29)27-25-24(18(2)30)26(34)21(28(35)31-11-7-8-12-32(3)4)16-33(25)22-13-19-9-5-6-10-20(19)14-23(22)36-27/h5-6,9-10,13-16H,7-8,11-12,30H2,1-4H3,(H,31,35)/b17-15+,24-18-. The van der Waals surface area contributed by atoms with E-state index in [2.05, 4.69) is 10.2 Å². The summed E-state index contributed by atoms with van der Waals surface area (Å²) in [5.41, 5.74) is 6.65. The molecule has 2 heterocycles. The number of carbonyl (C=O) groups excluding carboxylic acids is 1. The molecule has 36 heavy (non-hydrogen) atoms. The van der Waals surface area contributed by atoms with Crippen LogP contribution in [0.3, 0.4) is 0 Å². The van der Waals surface area contributed by atoms with Crippen molar-refractivity contribution in [1.82, 2.24) is 14.8 Å². The zero-order valence-electron chi connectivity index (χ0n) is 21.0. The average Bonchev–Trinajstić information content (AvgIpc) is 2.85. The van der Waals surface area contributed by atoms with Crippen LogP contribution in [0.5, 0.6) is 5.75 Å². The highest BCUT2D eigenvalue weighted by Crippen LogP contribution is 2.33. The van der Waals surface area contributed by atoms with Gasteiger partial charge in [-0.05, 0) is 70.2 Å². The number of hydrogen-bond donors (Lipinski definition) is 2. The maximum atomic E-state index is 13.7. The normalized spacial score (nSPS) is 13.8. The van der Waals surface area contributed by atoms with E-state index >= 15 is 0 Å². The Morgan fingerprint density at radius 3 is 2.50 bits per heavy atom. The van der Waals surface area contributed by atoms with E-state index in [1.165, 1.54) is 6.20 Å². The average molecular weight is 491 g/mol. The highest BCUT2D eigenvalue weighted by Gasteiger charge is 2.24. The number of pyridine rings is 1. The number of nitrogens with one attached hydrogen (secondary N) is 1. The van der Waals surface area contributed by atoms with Gasteiger partial charge in [-0.25, -0.2) is 4.39 Å². The number of hydrogen-bond acceptors (Lipinski definition) is 5. The van der Waals surface area contributed by atoms with Gasteiger partial charge in [-0.3, -0.25) is 9.59 Å². The molecule has 1 aromatic heterocycles. The van der Waals surface area contributed by atoms with Gasteiger partial charge in [0.25, 0.3) is 5.91 Å². The first-order valence-electron chi connectivity index (χ1n) is 11.9. The summed E-state index contributed by atoms with van der Waals surface area (Å²) in [6, 6.07) is 11.5. The lowest BCUT2D eigenvalue weighted by atomic mass is 10.1. The molecule has 1 amide bonds. The van der Waals surface area contributed by atoms with E-state index in [1.807, 2.05) is 50.5 Å². The first-order chi connectivity index (χ1) is 17.2. The third kappa shape index (κ3) is 4.77. The van der Waals surface area contributed by atoms with Crippen LogP contribution in [0.25, 0.3) is 27.9 Å². The number of amides is 1. The van der Waals surface area contributed by atoms with Crippen LogP contribution in [-0.2, 0) is 0 Å². The molecule has 0 saturated carbocycles. The maximum absolute atomic E-state index is 13.7. The number of ether oxygens (including phenoxy) is 1. The Balaban J connectivity index is 1.93. The van der Waals surface area contributed by atoms with Crippen LogP contribution < -0.4 is 31.8 Å². The first-order valence-corrected chi connectivity index (χ1v) is 11.9. The van der Waals surface area contributed by atoms with Gasteiger partial charge >= 0.3 is 0 Å². The van der Waals surface area contributed by atoms with Crippen LogP contribution in [0.4, 0.5) is 4.39 Å². The van der Waals surface area contributed by atoms with Gasteiger partial charge in [0.2, 0.25) is 5.43 Å². The van der Waals surface area contributed by atoms with Crippen LogP contribution in [0.1, 0.15) is 37.0 Å². The van der Waals surface area contributed by atoms with Crippen LogP contribution in [0.2, 0.25) is 0 Å². The van der Waals surface area contributed by atoms with Crippen molar-refractivity contribution in [1.29, 1.82) is 0 Å². The van der Waals surface area contributed by atoms with Gasteiger partial charge in [0, 0.05) is 24.0 Å². The van der Waals surface area contributed by atoms with Crippen molar-refractivity contribution < 1.29 is 13.9 Å². The first kappa shape index (κ1) is 25.2. The van der Waals surface area contributed by atoms with Gasteiger partial charge < -0.3 is 25.3 Å². The minimum absolute atomic E-state index is 0.0339. The van der Waals surface area contributed by atoms with Gasteiger partial charge in [-0.15, -0.1) is 0 Å². The Bertz CT molecular complexity index is 1550. The molecular formula is C28H31FN4O3. The number of nitrogens with two attached hydrogens (primary N) is 1. The third-order valence-electron chi connectivity index (χ3n) is 6.20. The van der Waals surface area contributed by atoms with Crippen molar-refractivity contribution in [2.24, 2.45) is 5.73 Å². The molecule has 0 fully saturated rings. The summed E-state index contributed by atoms with van der Waals surface area (Å²) in [6.45, 7) is 4.50. The van der Waals surface area contributed by atoms with Crippen LogP contribution in [-0.4, -0.2) is 42.6 Å². The predicted molar refractivity (Wildman–Crippen MR) is 141 cm³/mol. The Morgan fingerprint density at radius 2 is 1.86 bits per heavy atom. The zero-order chi connectivity index (χ0) is 26.0. The number of nitrogens with zero attached hydrogens (tertiary/aromatic N) is 2. The summed E-state index contributed by atoms with van der Waals surface area (Å²) < 4.78 is 21.6. The summed E-state index contributed by atoms with van der Waals surface area (Å²) in [4.78, 5) is 28.7. The largest absolute Gasteiger partial charge is 0.453 e. The number of halogens is 1. The van der Waals surface area contributed by atoms with Crippen LogP contribution in [0, 0.1) is 0 Å². The monoisotopic (exact) mass is 490 g/mol. The minimum Gasteiger partial charge on any atom is -0.453 e. The Hall–Kier alpha value is -3.91. The number of benzene rings is 2. The van der Waals surface area contributed by atoms with Gasteiger partial charge in [-0.1, -0.05) is 24.3 Å². The molecule has 0 atom stereocenters. The summed E-state index contributed by atoms with van der Waals surface area (Å²) in [5.74, 6) is 0.181. The van der Waals surface area contributed by atoms with E-state index in [0.29, 0.717) is 29.7 Å². The van der Waals surface area contributed by atoms with E-state index in [9.17, 15) is 14.0 Å². The molecule has 1 aliphatic rings. The molecule has 1 aliphatic heterocycles. The number of fused-ring (bicyclic) bond motifs is 4. The highest BCUT2D eigenvalue weighted by molar-refractivity contribution is 5.94. The molecule has 4 rings (SSSR count). The second kappa shape index (κ2) is 10.4. The Labute approximate surface area is 209 Å². The Morgan fingerprint density at radius 1 is 1.17 bits per heavy atom. The van der Waals surface area contributed by atoms with Crippen LogP contribution in [0.15, 0.2) is 59.3 Å². The number of rotatable bonds is 7. The molecule has 3 aromatic rings. The topological polar surface area (TPSA) is 89.6 Å². The number of unbranched alkanes of at least 4 members (excludes halogenated alkanes) is 1. The molecular weight excluding hydrogens is 459 g/mol. The fraction of sp³-hybridized carbons (Fsp3) is 0.286. The fourth-order valence-corrected chi connectivity index (χ4v) is 4.36. The van der Waals surface area contributed by atoms with Crippen molar-refractivity contribution in [2.45, 2.75) is 26.7 Å². The Kier molecular flexibility index (Phi) is 7.26. The van der Waals surface area contributed by atoms with E-state index in [4.69, 9.17) is 10.5 Å². The molecule has 2 aromatic carbocycles. The summed E-state index contributed by atoms with van der Waals surface area (Å²) in [7, 11) is 3.99. The predicted octanol–water partition coefficient (Wildman–Crippen LogP) is 2.52. The van der Waals surface area contributed by atoms with Crippen molar-refractivity contribution >= 4 is 28.1 Å². The van der Waals surface area contributed by atoms with Gasteiger partial charge in [0.15, 0.2) is 11.5 Å².